The number of aryl methyl sites for hydroxylation is 1. The molecule has 0 bridgehead atoms. The summed E-state index contributed by atoms with van der Waals surface area (Å²) < 4.78 is 14.9. The molecule has 8 aromatic rings. The van der Waals surface area contributed by atoms with Crippen molar-refractivity contribution < 1.29 is 21.5 Å². The number of aromatic nitrogens is 2. The zero-order chi connectivity index (χ0) is 37.5. The van der Waals surface area contributed by atoms with Gasteiger partial charge in [-0.25, -0.2) is 0 Å². The Kier molecular flexibility index (Phi) is 11.6. The maximum atomic E-state index is 9.35. The van der Waals surface area contributed by atoms with Gasteiger partial charge < -0.3 is 0 Å². The number of thiophene rings is 1. The summed E-state index contributed by atoms with van der Waals surface area (Å²) in [6.45, 7) is 4.17. The molecule has 0 N–H and O–H groups in total. The van der Waals surface area contributed by atoms with Gasteiger partial charge >= 0.3 is 281 Å². The Balaban J connectivity index is 0.000000233. The molecule has 0 saturated carbocycles. The van der Waals surface area contributed by atoms with Crippen LogP contribution in [-0.2, 0) is 20.1 Å². The molecule has 0 saturated heterocycles. The van der Waals surface area contributed by atoms with Crippen molar-refractivity contribution in [3.8, 4) is 22.5 Å². The van der Waals surface area contributed by atoms with E-state index in [0.717, 1.165) is 39.0 Å². The molecule has 0 spiro atoms. The molecule has 0 aliphatic rings. The molecule has 8 rings (SSSR count). The summed E-state index contributed by atoms with van der Waals surface area (Å²) in [5.74, 6) is 13.6. The van der Waals surface area contributed by atoms with Crippen LogP contribution in [0.25, 0.3) is 53.5 Å². The fourth-order valence-electron chi connectivity index (χ4n) is 6.83. The molecule has 2 nitrogen and oxygen atoms in total. The first-order chi connectivity index (χ1) is 25.2. The van der Waals surface area contributed by atoms with Crippen LogP contribution >= 0.6 is 11.3 Å². The standard InChI is InChI=1S/C32H28GeNS.C15H18GeN.Ir/c1-21(23-13-12-22-8-5-6-9-25(22)18-23)24-16-17-34-30(19-24)29-11-7-10-28-27-15-14-26(33(2,3)4)20-31(27)35-32(28)29;1-12-10-15(13-8-6-5-7-9-13)17-11-14(12)16(2,3)4;/h5-10,12-21H,1-4H3;5-8,10-11H,1-4H3;/q2*-1;/i21D;;. The monoisotopic (exact) mass is 1010 g/mol. The molecule has 0 fully saturated rings. The van der Waals surface area contributed by atoms with Gasteiger partial charge in [0.1, 0.15) is 0 Å². The van der Waals surface area contributed by atoms with Crippen molar-refractivity contribution in [2.45, 2.75) is 54.3 Å². The Morgan fingerprint density at radius 2 is 1.43 bits per heavy atom. The molecule has 0 amide bonds. The zero-order valence-electron chi connectivity index (χ0n) is 32.8. The molecule has 6 heteroatoms. The van der Waals surface area contributed by atoms with Crippen LogP contribution in [0.2, 0.25) is 34.5 Å². The van der Waals surface area contributed by atoms with E-state index in [1.165, 1.54) is 39.9 Å². The minimum absolute atomic E-state index is 0. The summed E-state index contributed by atoms with van der Waals surface area (Å²) >= 11 is -1.85. The first kappa shape index (κ1) is 37.9. The van der Waals surface area contributed by atoms with Gasteiger partial charge in [0.05, 0.1) is 0 Å². The minimum Gasteiger partial charge on any atom is -0.0616 e. The molecule has 53 heavy (non-hydrogen) atoms. The van der Waals surface area contributed by atoms with E-state index in [1.54, 1.807) is 0 Å². The summed E-state index contributed by atoms with van der Waals surface area (Å²) in [5, 5.41) is 4.91. The van der Waals surface area contributed by atoms with Gasteiger partial charge in [0, 0.05) is 20.1 Å². The van der Waals surface area contributed by atoms with Crippen molar-refractivity contribution in [2.75, 3.05) is 0 Å². The van der Waals surface area contributed by atoms with E-state index in [0.29, 0.717) is 0 Å². The summed E-state index contributed by atoms with van der Waals surface area (Å²) in [6.07, 6.45) is 3.91. The van der Waals surface area contributed by atoms with Crippen molar-refractivity contribution in [3.63, 3.8) is 0 Å². The second-order valence-corrected chi connectivity index (χ2v) is 38.0. The number of fused-ring (bicyclic) bond motifs is 4. The minimum atomic E-state index is -1.91. The number of nitrogens with zero attached hydrogens (tertiary/aromatic N) is 2. The molecule has 0 aliphatic carbocycles. The number of rotatable bonds is 6. The molecule has 5 aromatic carbocycles. The van der Waals surface area contributed by atoms with Crippen molar-refractivity contribution in [3.05, 3.63) is 156 Å². The summed E-state index contributed by atoms with van der Waals surface area (Å²) in [4.78, 5) is 9.34. The summed E-state index contributed by atoms with van der Waals surface area (Å²) in [5.41, 5.74) is 7.27. The third-order valence-corrected chi connectivity index (χ3v) is 19.8. The fourth-order valence-corrected chi connectivity index (χ4v) is 14.3. The van der Waals surface area contributed by atoms with Crippen molar-refractivity contribution in [2.24, 2.45) is 0 Å². The van der Waals surface area contributed by atoms with Crippen molar-refractivity contribution in [1.29, 1.82) is 0 Å². The normalized spacial score (nSPS) is 13.2. The average Bonchev–Trinajstić information content (AvgIpc) is 3.53. The van der Waals surface area contributed by atoms with Gasteiger partial charge in [0.15, 0.2) is 0 Å². The molecule has 1 atom stereocenters. The molecule has 3 heterocycles. The molecule has 1 radical (unpaired) electrons. The van der Waals surface area contributed by atoms with E-state index in [9.17, 15) is 1.37 Å². The topological polar surface area (TPSA) is 25.8 Å². The second kappa shape index (κ2) is 16.1. The number of hydrogen-bond acceptors (Lipinski definition) is 3. The van der Waals surface area contributed by atoms with Crippen LogP contribution in [0.1, 0.15) is 30.9 Å². The van der Waals surface area contributed by atoms with E-state index in [-0.39, 0.29) is 20.1 Å². The van der Waals surface area contributed by atoms with Gasteiger partial charge in [-0.3, -0.25) is 0 Å². The van der Waals surface area contributed by atoms with Crippen LogP contribution in [0.5, 0.6) is 0 Å². The first-order valence-corrected chi connectivity index (χ1v) is 33.5. The predicted molar refractivity (Wildman–Crippen MR) is 232 cm³/mol. The number of benzene rings is 5. The molecular weight excluding hydrogens is 962 g/mol. The van der Waals surface area contributed by atoms with Crippen LogP contribution in [0.15, 0.2) is 128 Å². The smallest absolute Gasteiger partial charge is 0.0616 e. The SMILES string of the molecule is Cc1cc(-c2[c-]cccc2)nc[c]1[Ge]([CH3])([CH3])[CH3].[2H]C(C)(c1ccnc(-c2[c-]ccc3c2sc2c[c]([Ge]([CH3])([CH3])[CH3])ccc23)c1)c1ccc2ccccc2c1.[Ir]. The Labute approximate surface area is 339 Å². The van der Waals surface area contributed by atoms with Gasteiger partial charge in [0.25, 0.3) is 0 Å². The van der Waals surface area contributed by atoms with E-state index in [1.807, 2.05) is 60.9 Å². The van der Waals surface area contributed by atoms with E-state index in [2.05, 4.69) is 144 Å². The first-order valence-electron chi connectivity index (χ1n) is 18.5. The quantitative estimate of drug-likeness (QED) is 0.123. The number of hydrogen-bond donors (Lipinski definition) is 0. The Hall–Kier alpha value is -3.38. The van der Waals surface area contributed by atoms with Crippen LogP contribution in [-0.4, -0.2) is 36.5 Å². The predicted octanol–water partition coefficient (Wildman–Crippen LogP) is 12.2. The molecule has 0 aliphatic heterocycles. The van der Waals surface area contributed by atoms with Crippen LogP contribution in [0, 0.1) is 19.1 Å². The van der Waals surface area contributed by atoms with Crippen LogP contribution in [0.3, 0.4) is 0 Å². The Morgan fingerprint density at radius 3 is 2.15 bits per heavy atom. The van der Waals surface area contributed by atoms with Crippen molar-refractivity contribution in [1.82, 2.24) is 9.97 Å². The van der Waals surface area contributed by atoms with Gasteiger partial charge in [-0.05, 0) is 10.8 Å². The Bertz CT molecular complexity index is 2590. The van der Waals surface area contributed by atoms with Gasteiger partial charge in [-0.1, -0.05) is 30.3 Å². The van der Waals surface area contributed by atoms with Crippen molar-refractivity contribution >= 4 is 77.6 Å². The van der Waals surface area contributed by atoms with Crippen LogP contribution in [0.4, 0.5) is 0 Å². The van der Waals surface area contributed by atoms with E-state index >= 15 is 0 Å². The maximum absolute atomic E-state index is 9.35. The summed E-state index contributed by atoms with van der Waals surface area (Å²) in [6, 6.07) is 46.8. The molecule has 269 valence electrons. The van der Waals surface area contributed by atoms with Gasteiger partial charge in [-0.2, -0.15) is 0 Å². The third kappa shape index (κ3) is 8.63. The second-order valence-electron chi connectivity index (χ2n) is 15.7. The van der Waals surface area contributed by atoms with Gasteiger partial charge in [0.2, 0.25) is 0 Å². The summed E-state index contributed by atoms with van der Waals surface area (Å²) in [7, 11) is 0. The fraction of sp³-hybridized carbons (Fsp3) is 0.191. The van der Waals surface area contributed by atoms with Gasteiger partial charge in [-0.15, -0.1) is 0 Å². The third-order valence-electron chi connectivity index (χ3n) is 9.83. The van der Waals surface area contributed by atoms with E-state index in [4.69, 9.17) is 4.98 Å². The zero-order valence-corrected chi connectivity index (χ0v) is 39.2. The molecular formula is C47H46Ge2IrN2S-2. The molecule has 3 aromatic heterocycles. The number of pyridine rings is 2. The Morgan fingerprint density at radius 1 is 0.679 bits per heavy atom. The molecule has 1 unspecified atom stereocenters. The average molecular weight is 1010 g/mol. The van der Waals surface area contributed by atoms with E-state index < -0.39 is 32.4 Å². The van der Waals surface area contributed by atoms with Crippen LogP contribution < -0.4 is 8.79 Å².